The van der Waals surface area contributed by atoms with Gasteiger partial charge in [-0.3, -0.25) is 14.4 Å². The van der Waals surface area contributed by atoms with E-state index in [9.17, 15) is 14.4 Å². The van der Waals surface area contributed by atoms with E-state index in [4.69, 9.17) is 5.11 Å². The van der Waals surface area contributed by atoms with E-state index in [1.165, 1.54) is 0 Å². The molecule has 2 aliphatic rings. The molecule has 0 heterocycles. The number of carbonyl (C=O) groups excluding carboxylic acids is 2. The molecule has 0 aliphatic heterocycles. The smallest absolute Gasteiger partial charge is 0.310 e. The number of hydrogen-bond donors (Lipinski definition) is 3. The number of rotatable bonds is 6. The van der Waals surface area contributed by atoms with E-state index in [-0.39, 0.29) is 30.2 Å². The number of nitrogens with one attached hydrogen (secondary N) is 2. The standard InChI is InChI=1S/C14H20N2O4/c1-8-6-11(8)13(18)15-5-4-12(17)16-10-3-2-9(7-10)14(19)20/h2-3,8-11H,4-7H2,1H3,(H,15,18)(H,16,17)(H,19,20). The molecule has 2 aliphatic carbocycles. The monoisotopic (exact) mass is 280 g/mol. The predicted octanol–water partition coefficient (Wildman–Crippen LogP) is 0.294. The molecule has 0 bridgehead atoms. The lowest BCUT2D eigenvalue weighted by atomic mass is 10.1. The van der Waals surface area contributed by atoms with Gasteiger partial charge in [0.1, 0.15) is 0 Å². The summed E-state index contributed by atoms with van der Waals surface area (Å²) in [6.07, 6.45) is 4.86. The van der Waals surface area contributed by atoms with Crippen molar-refractivity contribution < 1.29 is 19.5 Å². The summed E-state index contributed by atoms with van der Waals surface area (Å²) in [5.41, 5.74) is 0. The second kappa shape index (κ2) is 6.07. The summed E-state index contributed by atoms with van der Waals surface area (Å²) >= 11 is 0. The minimum atomic E-state index is -0.871. The maximum Gasteiger partial charge on any atom is 0.310 e. The highest BCUT2D eigenvalue weighted by atomic mass is 16.4. The predicted molar refractivity (Wildman–Crippen MR) is 71.7 cm³/mol. The molecule has 2 amide bonds. The molecule has 0 aromatic carbocycles. The second-order valence-corrected chi connectivity index (χ2v) is 5.60. The molecule has 3 N–H and O–H groups in total. The van der Waals surface area contributed by atoms with Crippen LogP contribution in [0.3, 0.4) is 0 Å². The molecule has 4 atom stereocenters. The zero-order chi connectivity index (χ0) is 14.7. The lowest BCUT2D eigenvalue weighted by Crippen LogP contribution is -2.36. The maximum atomic E-state index is 11.7. The van der Waals surface area contributed by atoms with Crippen molar-refractivity contribution in [3.05, 3.63) is 12.2 Å². The second-order valence-electron chi connectivity index (χ2n) is 5.60. The van der Waals surface area contributed by atoms with E-state index in [0.29, 0.717) is 18.9 Å². The van der Waals surface area contributed by atoms with Crippen LogP contribution in [0, 0.1) is 17.8 Å². The molecule has 0 radical (unpaired) electrons. The van der Waals surface area contributed by atoms with Gasteiger partial charge in [-0.2, -0.15) is 0 Å². The van der Waals surface area contributed by atoms with Crippen LogP contribution in [0.5, 0.6) is 0 Å². The quantitative estimate of drug-likeness (QED) is 0.610. The van der Waals surface area contributed by atoms with E-state index in [0.717, 1.165) is 6.42 Å². The molecule has 110 valence electrons. The summed E-state index contributed by atoms with van der Waals surface area (Å²) in [6.45, 7) is 2.36. The first kappa shape index (κ1) is 14.6. The summed E-state index contributed by atoms with van der Waals surface area (Å²) in [6, 6.07) is -0.220. The summed E-state index contributed by atoms with van der Waals surface area (Å²) < 4.78 is 0. The summed E-state index contributed by atoms with van der Waals surface area (Å²) in [5, 5.41) is 14.3. The first-order valence-corrected chi connectivity index (χ1v) is 6.95. The van der Waals surface area contributed by atoms with Crippen molar-refractivity contribution in [2.24, 2.45) is 17.8 Å². The van der Waals surface area contributed by atoms with Gasteiger partial charge in [-0.25, -0.2) is 0 Å². The van der Waals surface area contributed by atoms with Crippen molar-refractivity contribution in [3.63, 3.8) is 0 Å². The Morgan fingerprint density at radius 2 is 1.95 bits per heavy atom. The average molecular weight is 280 g/mol. The van der Waals surface area contributed by atoms with Crippen molar-refractivity contribution in [2.75, 3.05) is 6.54 Å². The fraction of sp³-hybridized carbons (Fsp3) is 0.643. The van der Waals surface area contributed by atoms with Crippen LogP contribution in [0.4, 0.5) is 0 Å². The highest BCUT2D eigenvalue weighted by Gasteiger charge is 2.38. The van der Waals surface area contributed by atoms with Crippen molar-refractivity contribution in [2.45, 2.75) is 32.2 Å². The molecule has 6 heteroatoms. The Kier molecular flexibility index (Phi) is 4.42. The molecule has 2 rings (SSSR count). The van der Waals surface area contributed by atoms with Crippen LogP contribution in [-0.2, 0) is 14.4 Å². The maximum absolute atomic E-state index is 11.7. The lowest BCUT2D eigenvalue weighted by Gasteiger charge is -2.12. The third kappa shape index (κ3) is 3.82. The highest BCUT2D eigenvalue weighted by Crippen LogP contribution is 2.37. The topological polar surface area (TPSA) is 95.5 Å². The number of amides is 2. The Balaban J connectivity index is 1.60. The fourth-order valence-corrected chi connectivity index (χ4v) is 2.39. The van der Waals surface area contributed by atoms with Gasteiger partial charge in [-0.15, -0.1) is 0 Å². The molecular formula is C14H20N2O4. The van der Waals surface area contributed by atoms with E-state index in [1.807, 2.05) is 6.92 Å². The van der Waals surface area contributed by atoms with Crippen LogP contribution >= 0.6 is 0 Å². The van der Waals surface area contributed by atoms with Crippen molar-refractivity contribution in [1.82, 2.24) is 10.6 Å². The van der Waals surface area contributed by atoms with E-state index in [2.05, 4.69) is 10.6 Å². The molecule has 4 unspecified atom stereocenters. The summed E-state index contributed by atoms with van der Waals surface area (Å²) in [4.78, 5) is 34.0. The van der Waals surface area contributed by atoms with Crippen molar-refractivity contribution in [1.29, 1.82) is 0 Å². The van der Waals surface area contributed by atoms with Gasteiger partial charge in [0.05, 0.1) is 5.92 Å². The Hall–Kier alpha value is -1.85. The number of aliphatic carboxylic acids is 1. The molecule has 1 fully saturated rings. The van der Waals surface area contributed by atoms with Crippen molar-refractivity contribution in [3.8, 4) is 0 Å². The molecule has 0 saturated heterocycles. The molecule has 0 aromatic rings. The van der Waals surface area contributed by atoms with Crippen LogP contribution in [0.1, 0.15) is 26.2 Å². The minimum Gasteiger partial charge on any atom is -0.481 e. The first-order chi connectivity index (χ1) is 9.47. The Labute approximate surface area is 117 Å². The Bertz CT molecular complexity index is 446. The number of carbonyl (C=O) groups is 3. The molecule has 1 saturated carbocycles. The largest absolute Gasteiger partial charge is 0.481 e. The van der Waals surface area contributed by atoms with Gasteiger partial charge in [-0.05, 0) is 18.8 Å². The molecule has 20 heavy (non-hydrogen) atoms. The highest BCUT2D eigenvalue weighted by molar-refractivity contribution is 5.82. The van der Waals surface area contributed by atoms with Gasteiger partial charge in [0, 0.05) is 24.9 Å². The zero-order valence-corrected chi connectivity index (χ0v) is 11.5. The van der Waals surface area contributed by atoms with Crippen LogP contribution in [-0.4, -0.2) is 35.5 Å². The average Bonchev–Trinajstić information content (AvgIpc) is 2.92. The van der Waals surface area contributed by atoms with Crippen LogP contribution < -0.4 is 10.6 Å². The van der Waals surface area contributed by atoms with Gasteiger partial charge in [0.2, 0.25) is 11.8 Å². The van der Waals surface area contributed by atoms with E-state index in [1.54, 1.807) is 12.2 Å². The van der Waals surface area contributed by atoms with Crippen LogP contribution in [0.2, 0.25) is 0 Å². The summed E-state index contributed by atoms with van der Waals surface area (Å²) in [7, 11) is 0. The first-order valence-electron chi connectivity index (χ1n) is 6.95. The van der Waals surface area contributed by atoms with Gasteiger partial charge in [0.15, 0.2) is 0 Å². The number of carboxylic acid groups (broad SMARTS) is 1. The fourth-order valence-electron chi connectivity index (χ4n) is 2.39. The van der Waals surface area contributed by atoms with E-state index >= 15 is 0 Å². The van der Waals surface area contributed by atoms with E-state index < -0.39 is 11.9 Å². The van der Waals surface area contributed by atoms with Crippen LogP contribution in [0.15, 0.2) is 12.2 Å². The third-order valence-corrected chi connectivity index (χ3v) is 3.84. The van der Waals surface area contributed by atoms with Gasteiger partial charge in [-0.1, -0.05) is 19.1 Å². The Morgan fingerprint density at radius 1 is 1.25 bits per heavy atom. The lowest BCUT2D eigenvalue weighted by molar-refractivity contribution is -0.140. The number of carboxylic acids is 1. The SMILES string of the molecule is CC1CC1C(=O)NCCC(=O)NC1C=CC(C(=O)O)C1. The third-order valence-electron chi connectivity index (χ3n) is 3.84. The van der Waals surface area contributed by atoms with Gasteiger partial charge in [0.25, 0.3) is 0 Å². The molecule has 0 aromatic heterocycles. The van der Waals surface area contributed by atoms with Crippen molar-refractivity contribution >= 4 is 17.8 Å². The van der Waals surface area contributed by atoms with Gasteiger partial charge < -0.3 is 15.7 Å². The normalized spacial score (nSPS) is 30.9. The van der Waals surface area contributed by atoms with Crippen LogP contribution in [0.25, 0.3) is 0 Å². The minimum absolute atomic E-state index is 0.0250. The summed E-state index contributed by atoms with van der Waals surface area (Å²) in [5.74, 6) is -0.959. The number of hydrogen-bond acceptors (Lipinski definition) is 3. The Morgan fingerprint density at radius 3 is 2.50 bits per heavy atom. The zero-order valence-electron chi connectivity index (χ0n) is 11.5. The van der Waals surface area contributed by atoms with Gasteiger partial charge >= 0.3 is 5.97 Å². The molecular weight excluding hydrogens is 260 g/mol. The molecule has 0 spiro atoms. The molecule has 6 nitrogen and oxygen atoms in total.